The molecule has 0 fully saturated rings. The monoisotopic (exact) mass is 301 g/mol. The van der Waals surface area contributed by atoms with Gasteiger partial charge in [-0.05, 0) is 25.1 Å². The predicted molar refractivity (Wildman–Crippen MR) is 79.0 cm³/mol. The first-order valence-corrected chi connectivity index (χ1v) is 6.05. The molecule has 1 rings (SSSR count). The molecule has 0 heterocycles. The van der Waals surface area contributed by atoms with Crippen molar-refractivity contribution in [3.63, 3.8) is 0 Å². The van der Waals surface area contributed by atoms with Crippen molar-refractivity contribution in [2.45, 2.75) is 19.4 Å². The van der Waals surface area contributed by atoms with E-state index in [1.54, 1.807) is 24.3 Å². The fourth-order valence-corrected chi connectivity index (χ4v) is 1.41. The molecule has 0 aromatic heterocycles. The normalized spacial score (nSPS) is 11.1. The number of hydrogen-bond acceptors (Lipinski definition) is 4. The van der Waals surface area contributed by atoms with Crippen LogP contribution < -0.4 is 21.5 Å². The van der Waals surface area contributed by atoms with Crippen molar-refractivity contribution in [3.05, 3.63) is 29.8 Å². The molecule has 5 N–H and O–H groups in total. The van der Waals surface area contributed by atoms with Crippen LogP contribution in [0.25, 0.3) is 0 Å². The summed E-state index contributed by atoms with van der Waals surface area (Å²) in [6, 6.07) is 6.47. The third-order valence-electron chi connectivity index (χ3n) is 2.48. The van der Waals surface area contributed by atoms with E-state index in [0.29, 0.717) is 17.9 Å². The van der Waals surface area contributed by atoms with Gasteiger partial charge in [0.05, 0.1) is 13.0 Å². The Bertz CT molecular complexity index is 454. The van der Waals surface area contributed by atoms with E-state index in [4.69, 9.17) is 16.2 Å². The fraction of sp³-hybridized carbons (Fsp3) is 0.385. The van der Waals surface area contributed by atoms with E-state index < -0.39 is 5.91 Å². The van der Waals surface area contributed by atoms with Gasteiger partial charge in [0.2, 0.25) is 11.8 Å². The molecule has 0 aliphatic carbocycles. The second-order valence-electron chi connectivity index (χ2n) is 4.19. The summed E-state index contributed by atoms with van der Waals surface area (Å²) in [5, 5.41) is 2.73. The largest absolute Gasteiger partial charge is 0.493 e. The SMILES string of the molecule is C[C@@H](CN)NC(=O)CCOc1cccc(C(N)=O)c1.Cl. The third-order valence-corrected chi connectivity index (χ3v) is 2.48. The molecule has 2 amide bonds. The summed E-state index contributed by atoms with van der Waals surface area (Å²) >= 11 is 0. The van der Waals surface area contributed by atoms with Gasteiger partial charge in [-0.1, -0.05) is 6.07 Å². The molecule has 1 aromatic rings. The molecule has 0 aliphatic rings. The topological polar surface area (TPSA) is 107 Å². The Morgan fingerprint density at radius 3 is 2.70 bits per heavy atom. The minimum atomic E-state index is -0.514. The zero-order chi connectivity index (χ0) is 14.3. The van der Waals surface area contributed by atoms with E-state index in [0.717, 1.165) is 0 Å². The molecule has 0 radical (unpaired) electrons. The van der Waals surface area contributed by atoms with Crippen LogP contribution in [0, 0.1) is 0 Å². The van der Waals surface area contributed by atoms with Crippen LogP contribution >= 0.6 is 12.4 Å². The fourth-order valence-electron chi connectivity index (χ4n) is 1.41. The zero-order valence-corrected chi connectivity index (χ0v) is 12.1. The Hall–Kier alpha value is -1.79. The van der Waals surface area contributed by atoms with Gasteiger partial charge in [0.1, 0.15) is 5.75 Å². The van der Waals surface area contributed by atoms with E-state index in [1.807, 2.05) is 6.92 Å². The molecule has 0 spiro atoms. The molecular formula is C13H20ClN3O3. The van der Waals surface area contributed by atoms with Gasteiger partial charge in [0, 0.05) is 18.2 Å². The second kappa shape index (κ2) is 9.17. The van der Waals surface area contributed by atoms with Crippen molar-refractivity contribution in [1.82, 2.24) is 5.32 Å². The van der Waals surface area contributed by atoms with Gasteiger partial charge < -0.3 is 21.5 Å². The maximum atomic E-state index is 11.5. The first-order chi connectivity index (χ1) is 9.02. The van der Waals surface area contributed by atoms with Gasteiger partial charge in [-0.25, -0.2) is 0 Å². The molecule has 0 saturated heterocycles. The summed E-state index contributed by atoms with van der Waals surface area (Å²) in [6.07, 6.45) is 0.227. The molecule has 0 aliphatic heterocycles. The van der Waals surface area contributed by atoms with Gasteiger partial charge >= 0.3 is 0 Å². The van der Waals surface area contributed by atoms with E-state index in [-0.39, 0.29) is 37.4 Å². The van der Waals surface area contributed by atoms with Crippen LogP contribution in [0.5, 0.6) is 5.75 Å². The highest BCUT2D eigenvalue weighted by Crippen LogP contribution is 2.13. The van der Waals surface area contributed by atoms with Crippen molar-refractivity contribution in [2.75, 3.05) is 13.2 Å². The summed E-state index contributed by atoms with van der Waals surface area (Å²) in [5.41, 5.74) is 10.9. The van der Waals surface area contributed by atoms with Crippen molar-refractivity contribution in [3.8, 4) is 5.75 Å². The van der Waals surface area contributed by atoms with E-state index in [9.17, 15) is 9.59 Å². The van der Waals surface area contributed by atoms with Crippen molar-refractivity contribution in [1.29, 1.82) is 0 Å². The summed E-state index contributed by atoms with van der Waals surface area (Å²) in [6.45, 7) is 2.45. The minimum absolute atomic E-state index is 0. The summed E-state index contributed by atoms with van der Waals surface area (Å²) in [5.74, 6) is -0.125. The average molecular weight is 302 g/mol. The molecule has 0 unspecified atom stereocenters. The maximum absolute atomic E-state index is 11.5. The molecule has 1 atom stereocenters. The van der Waals surface area contributed by atoms with Gasteiger partial charge in [-0.2, -0.15) is 0 Å². The van der Waals surface area contributed by atoms with E-state index >= 15 is 0 Å². The summed E-state index contributed by atoms with van der Waals surface area (Å²) in [7, 11) is 0. The number of amides is 2. The minimum Gasteiger partial charge on any atom is -0.493 e. The first kappa shape index (κ1) is 18.2. The number of hydrogen-bond donors (Lipinski definition) is 3. The quantitative estimate of drug-likeness (QED) is 0.679. The lowest BCUT2D eigenvalue weighted by molar-refractivity contribution is -0.122. The first-order valence-electron chi connectivity index (χ1n) is 6.05. The number of primary amides is 1. The standard InChI is InChI=1S/C13H19N3O3.ClH/c1-9(8-14)16-12(17)5-6-19-11-4-2-3-10(7-11)13(15)18;/h2-4,7,9H,5-6,8,14H2,1H3,(H2,15,18)(H,16,17);1H/t9-;/m0./s1. The van der Waals surface area contributed by atoms with Crippen LogP contribution in [0.4, 0.5) is 0 Å². The third kappa shape index (κ3) is 6.40. The highest BCUT2D eigenvalue weighted by atomic mass is 35.5. The number of carbonyl (C=O) groups is 2. The second-order valence-corrected chi connectivity index (χ2v) is 4.19. The number of ether oxygens (including phenoxy) is 1. The highest BCUT2D eigenvalue weighted by Gasteiger charge is 2.06. The van der Waals surface area contributed by atoms with Gasteiger partial charge in [0.15, 0.2) is 0 Å². The average Bonchev–Trinajstić information content (AvgIpc) is 2.38. The Morgan fingerprint density at radius 1 is 1.40 bits per heavy atom. The lowest BCUT2D eigenvalue weighted by Gasteiger charge is -2.11. The van der Waals surface area contributed by atoms with E-state index in [2.05, 4.69) is 5.32 Å². The Morgan fingerprint density at radius 2 is 2.10 bits per heavy atom. The molecule has 6 nitrogen and oxygen atoms in total. The Balaban J connectivity index is 0.00000361. The van der Waals surface area contributed by atoms with E-state index in [1.165, 1.54) is 0 Å². The van der Waals surface area contributed by atoms with Gasteiger partial charge in [-0.3, -0.25) is 9.59 Å². The van der Waals surface area contributed by atoms with Crippen molar-refractivity contribution in [2.24, 2.45) is 11.5 Å². The van der Waals surface area contributed by atoms with Gasteiger partial charge in [0.25, 0.3) is 0 Å². The van der Waals surface area contributed by atoms with Crippen LogP contribution in [0.3, 0.4) is 0 Å². The van der Waals surface area contributed by atoms with Crippen molar-refractivity contribution < 1.29 is 14.3 Å². The molecule has 112 valence electrons. The van der Waals surface area contributed by atoms with Crippen LogP contribution in [0.15, 0.2) is 24.3 Å². The van der Waals surface area contributed by atoms with Crippen LogP contribution in [-0.4, -0.2) is 31.0 Å². The molecule has 7 heteroatoms. The summed E-state index contributed by atoms with van der Waals surface area (Å²) < 4.78 is 5.38. The predicted octanol–water partition coefficient (Wildman–Crippen LogP) is 0.440. The van der Waals surface area contributed by atoms with Crippen LogP contribution in [-0.2, 0) is 4.79 Å². The molecule has 0 bridgehead atoms. The molecular weight excluding hydrogens is 282 g/mol. The number of rotatable bonds is 7. The molecule has 0 saturated carbocycles. The smallest absolute Gasteiger partial charge is 0.248 e. The summed E-state index contributed by atoms with van der Waals surface area (Å²) in [4.78, 5) is 22.4. The molecule has 1 aromatic carbocycles. The number of carbonyl (C=O) groups excluding carboxylic acids is 2. The zero-order valence-electron chi connectivity index (χ0n) is 11.3. The van der Waals surface area contributed by atoms with Crippen LogP contribution in [0.1, 0.15) is 23.7 Å². The van der Waals surface area contributed by atoms with Crippen molar-refractivity contribution >= 4 is 24.2 Å². The number of halogens is 1. The maximum Gasteiger partial charge on any atom is 0.248 e. The lowest BCUT2D eigenvalue weighted by Crippen LogP contribution is -2.38. The highest BCUT2D eigenvalue weighted by molar-refractivity contribution is 5.93. The number of benzene rings is 1. The Kier molecular flexibility index (Phi) is 8.35. The lowest BCUT2D eigenvalue weighted by atomic mass is 10.2. The number of nitrogens with two attached hydrogens (primary N) is 2. The van der Waals surface area contributed by atoms with Gasteiger partial charge in [-0.15, -0.1) is 12.4 Å². The number of nitrogens with one attached hydrogen (secondary N) is 1. The Labute approximate surface area is 124 Å². The van der Waals surface area contributed by atoms with Crippen LogP contribution in [0.2, 0.25) is 0 Å². The molecule has 20 heavy (non-hydrogen) atoms.